The Hall–Kier alpha value is -4.79. The molecule has 2 N–H and O–H groups in total. The monoisotopic (exact) mass is 525 g/mol. The number of benzene rings is 3. The van der Waals surface area contributed by atoms with Crippen molar-refractivity contribution in [1.29, 1.82) is 0 Å². The van der Waals surface area contributed by atoms with Crippen LogP contribution in [0.4, 0.5) is 0 Å². The number of nitrogens with one attached hydrogen (secondary N) is 1. The molecule has 0 fully saturated rings. The maximum absolute atomic E-state index is 13.6. The number of nitrogens with zero attached hydrogens (tertiary/aromatic N) is 2. The first kappa shape index (κ1) is 24.5. The van der Waals surface area contributed by atoms with E-state index in [-0.39, 0.29) is 34.9 Å². The molecule has 2 amide bonds. The molecule has 0 saturated heterocycles. The van der Waals surface area contributed by atoms with Crippen LogP contribution in [0, 0.1) is 6.92 Å². The van der Waals surface area contributed by atoms with Gasteiger partial charge in [0.15, 0.2) is 6.39 Å². The van der Waals surface area contributed by atoms with E-state index in [4.69, 9.17) is 13.9 Å². The molecule has 39 heavy (non-hydrogen) atoms. The second-order valence-electron chi connectivity index (χ2n) is 9.59. The minimum atomic E-state index is -0.389. The Morgan fingerprint density at radius 3 is 2.62 bits per heavy atom. The predicted octanol–water partition coefficient (Wildman–Crippen LogP) is 4.78. The van der Waals surface area contributed by atoms with Gasteiger partial charge in [0.05, 0.1) is 23.9 Å². The largest absolute Gasteiger partial charge is 0.507 e. The van der Waals surface area contributed by atoms with Crippen LogP contribution in [0.1, 0.15) is 55.8 Å². The summed E-state index contributed by atoms with van der Waals surface area (Å²) in [7, 11) is 0. The summed E-state index contributed by atoms with van der Waals surface area (Å²) in [6, 6.07) is 17.7. The van der Waals surface area contributed by atoms with Gasteiger partial charge in [-0.3, -0.25) is 9.59 Å². The van der Waals surface area contributed by atoms with E-state index >= 15 is 0 Å². The zero-order chi connectivity index (χ0) is 26.9. The highest BCUT2D eigenvalue weighted by Gasteiger charge is 2.35. The van der Waals surface area contributed by atoms with Crippen molar-refractivity contribution in [2.75, 3.05) is 19.7 Å². The molecule has 5 aliphatic rings. The highest BCUT2D eigenvalue weighted by molar-refractivity contribution is 5.97. The van der Waals surface area contributed by atoms with Gasteiger partial charge in [-0.25, -0.2) is 4.98 Å². The van der Waals surface area contributed by atoms with Crippen LogP contribution in [0.3, 0.4) is 0 Å². The number of ether oxygens (including phenoxy) is 2. The van der Waals surface area contributed by atoms with E-state index in [1.54, 1.807) is 13.0 Å². The molecular weight excluding hydrogens is 498 g/mol. The second kappa shape index (κ2) is 10.2. The Labute approximate surface area is 225 Å². The smallest absolute Gasteiger partial charge is 0.292 e. The van der Waals surface area contributed by atoms with Gasteiger partial charge in [0, 0.05) is 13.1 Å². The number of amides is 2. The summed E-state index contributed by atoms with van der Waals surface area (Å²) in [6.45, 7) is 3.02. The quantitative estimate of drug-likeness (QED) is 0.368. The third-order valence-electron chi connectivity index (χ3n) is 7.06. The average Bonchev–Trinajstić information content (AvgIpc) is 3.38. The van der Waals surface area contributed by atoms with Crippen LogP contribution in [-0.2, 0) is 6.42 Å². The number of carbonyl (C=O) groups excluding carboxylic acids is 2. The summed E-state index contributed by atoms with van der Waals surface area (Å²) in [5, 5.41) is 13.1. The van der Waals surface area contributed by atoms with E-state index in [0.29, 0.717) is 55.5 Å². The molecule has 9 heteroatoms. The van der Waals surface area contributed by atoms with Gasteiger partial charge in [0.2, 0.25) is 5.76 Å². The summed E-state index contributed by atoms with van der Waals surface area (Å²) in [5.41, 5.74) is 3.66. The van der Waals surface area contributed by atoms with Gasteiger partial charge in [-0.05, 0) is 78.9 Å². The number of aromatic hydroxyl groups is 1. The number of carbonyl (C=O) groups is 2. The van der Waals surface area contributed by atoms with Crippen molar-refractivity contribution in [2.45, 2.75) is 25.8 Å². The van der Waals surface area contributed by atoms with E-state index in [2.05, 4.69) is 10.3 Å². The van der Waals surface area contributed by atoms with Crippen molar-refractivity contribution in [3.63, 3.8) is 0 Å². The van der Waals surface area contributed by atoms with Crippen molar-refractivity contribution in [1.82, 2.24) is 15.2 Å². The summed E-state index contributed by atoms with van der Waals surface area (Å²) < 4.78 is 17.4. The highest BCUT2D eigenvalue weighted by Crippen LogP contribution is 2.39. The van der Waals surface area contributed by atoms with Gasteiger partial charge in [0.1, 0.15) is 23.0 Å². The third-order valence-corrected chi connectivity index (χ3v) is 7.06. The number of oxazole rings is 1. The molecule has 198 valence electrons. The number of hydrogen-bond acceptors (Lipinski definition) is 7. The number of hydrogen-bond donors (Lipinski definition) is 2. The minimum Gasteiger partial charge on any atom is -0.507 e. The molecule has 9 rings (SSSR count). The van der Waals surface area contributed by atoms with Crippen LogP contribution in [0.5, 0.6) is 23.0 Å². The van der Waals surface area contributed by atoms with Crippen molar-refractivity contribution < 1.29 is 28.6 Å². The zero-order valence-corrected chi connectivity index (χ0v) is 21.3. The Balaban J connectivity index is 1.42. The first-order chi connectivity index (χ1) is 19.0. The Morgan fingerprint density at radius 1 is 1.05 bits per heavy atom. The fourth-order valence-corrected chi connectivity index (χ4v) is 5.08. The van der Waals surface area contributed by atoms with Crippen LogP contribution in [-0.4, -0.2) is 46.5 Å². The molecule has 0 spiro atoms. The molecule has 3 aromatic carbocycles. The zero-order valence-electron chi connectivity index (χ0n) is 21.3. The maximum Gasteiger partial charge on any atom is 0.292 e. The topological polar surface area (TPSA) is 114 Å². The van der Waals surface area contributed by atoms with E-state index in [0.717, 1.165) is 16.7 Å². The van der Waals surface area contributed by atoms with Gasteiger partial charge in [-0.2, -0.15) is 0 Å². The lowest BCUT2D eigenvalue weighted by atomic mass is 9.87. The van der Waals surface area contributed by atoms with Gasteiger partial charge in [-0.1, -0.05) is 18.2 Å². The molecule has 5 aliphatic heterocycles. The first-order valence-electron chi connectivity index (χ1n) is 12.8. The Bertz CT molecular complexity index is 1540. The fourth-order valence-electron chi connectivity index (χ4n) is 5.08. The number of aromatic nitrogens is 1. The molecule has 0 aliphatic carbocycles. The molecule has 1 unspecified atom stereocenters. The molecular formula is C30H27N3O6. The van der Waals surface area contributed by atoms with E-state index < -0.39 is 0 Å². The number of phenolic OH excluding ortho intramolecular Hbond substituents is 1. The van der Waals surface area contributed by atoms with Crippen molar-refractivity contribution in [3.8, 4) is 23.0 Å². The summed E-state index contributed by atoms with van der Waals surface area (Å²) in [4.78, 5) is 32.2. The number of aryl methyl sites for hydroxylation is 1. The molecule has 0 saturated carbocycles. The number of phenols is 1. The highest BCUT2D eigenvalue weighted by atomic mass is 16.5. The third kappa shape index (κ3) is 4.79. The van der Waals surface area contributed by atoms with E-state index in [9.17, 15) is 14.7 Å². The van der Waals surface area contributed by atoms with Crippen LogP contribution < -0.4 is 14.8 Å². The normalized spacial score (nSPS) is 16.9. The summed E-state index contributed by atoms with van der Waals surface area (Å²) in [5.74, 6) is 1.23. The summed E-state index contributed by atoms with van der Waals surface area (Å²) in [6.07, 6.45) is 2.49. The molecule has 1 atom stereocenters. The summed E-state index contributed by atoms with van der Waals surface area (Å²) >= 11 is 0. The molecule has 9 nitrogen and oxygen atoms in total. The Kier molecular flexibility index (Phi) is 6.40. The molecule has 0 radical (unpaired) electrons. The van der Waals surface area contributed by atoms with Gasteiger partial charge < -0.3 is 29.2 Å². The average molecular weight is 526 g/mol. The number of rotatable bonds is 1. The maximum atomic E-state index is 13.6. The molecule has 6 heterocycles. The van der Waals surface area contributed by atoms with Crippen LogP contribution >= 0.6 is 0 Å². The van der Waals surface area contributed by atoms with Gasteiger partial charge >= 0.3 is 0 Å². The fraction of sp³-hybridized carbons (Fsp3) is 0.233. The predicted molar refractivity (Wildman–Crippen MR) is 141 cm³/mol. The Morgan fingerprint density at radius 2 is 1.82 bits per heavy atom. The van der Waals surface area contributed by atoms with Crippen molar-refractivity contribution >= 4 is 11.8 Å². The van der Waals surface area contributed by atoms with Gasteiger partial charge in [-0.15, -0.1) is 0 Å². The van der Waals surface area contributed by atoms with Gasteiger partial charge in [0.25, 0.3) is 11.8 Å². The van der Waals surface area contributed by atoms with E-state index in [1.165, 1.54) is 18.5 Å². The first-order valence-corrected chi connectivity index (χ1v) is 12.8. The molecule has 4 aromatic rings. The SMILES string of the molecule is Cc1ncoc1C(=O)N1CCc2cc3ccc2C1c1ccc(cc1)OCCCNC(=O)c1cc(ccc1O)O3. The van der Waals surface area contributed by atoms with Crippen molar-refractivity contribution in [2.24, 2.45) is 0 Å². The van der Waals surface area contributed by atoms with Crippen LogP contribution in [0.15, 0.2) is 71.5 Å². The molecule has 1 aromatic heterocycles. The van der Waals surface area contributed by atoms with Crippen molar-refractivity contribution in [3.05, 3.63) is 101 Å². The standard InChI is InChI=1S/C30H27N3O6/c1-18-28(38-17-32-18)30(36)33-13-11-20-15-22-7-9-24(20)27(33)19-3-5-21(6-4-19)37-14-2-12-31-29(35)25-16-23(39-22)8-10-26(25)34/h3-10,15-17,27,34H,2,11-14H2,1H3,(H,31,35). The lowest BCUT2D eigenvalue weighted by Crippen LogP contribution is -2.40. The van der Waals surface area contributed by atoms with Crippen LogP contribution in [0.2, 0.25) is 0 Å². The van der Waals surface area contributed by atoms with Crippen LogP contribution in [0.25, 0.3) is 0 Å². The second-order valence-corrected chi connectivity index (χ2v) is 9.59. The van der Waals surface area contributed by atoms with E-state index in [1.807, 2.05) is 47.4 Å². The molecule has 8 bridgehead atoms. The lowest BCUT2D eigenvalue weighted by molar-refractivity contribution is 0.0660. The lowest BCUT2D eigenvalue weighted by Gasteiger charge is -2.37. The minimum absolute atomic E-state index is 0.123.